The number of rotatable bonds is 8. The minimum Gasteiger partial charge on any atom is -0.396 e. The van der Waals surface area contributed by atoms with Gasteiger partial charge >= 0.3 is 0 Å². The van der Waals surface area contributed by atoms with Crippen molar-refractivity contribution in [3.63, 3.8) is 0 Å². The van der Waals surface area contributed by atoms with Gasteiger partial charge in [-0.2, -0.15) is 0 Å². The molecule has 3 nitrogen and oxygen atoms in total. The van der Waals surface area contributed by atoms with Crippen molar-refractivity contribution in [2.45, 2.75) is 45.2 Å². The Labute approximate surface area is 129 Å². The van der Waals surface area contributed by atoms with Crippen molar-refractivity contribution >= 4 is 0 Å². The Hall–Kier alpha value is -0.900. The third-order valence-electron chi connectivity index (χ3n) is 4.45. The van der Waals surface area contributed by atoms with Crippen LogP contribution >= 0.6 is 0 Å². The van der Waals surface area contributed by atoms with Gasteiger partial charge in [0, 0.05) is 19.2 Å². The molecular formula is C18H30N2O. The number of piperidine rings is 1. The maximum absolute atomic E-state index is 9.01. The standard InChI is InChI=1S/C18H30N2O/c1-16(15-21)6-5-11-19-18-9-12-20(13-10-18)14-17-7-3-2-4-8-17/h2-4,7-8,16,18-19,21H,5-6,9-15H2,1H3. The molecule has 118 valence electrons. The van der Waals surface area contributed by atoms with Crippen molar-refractivity contribution in [1.29, 1.82) is 0 Å². The SMILES string of the molecule is CC(CO)CCCNC1CCN(Cc2ccccc2)CC1. The smallest absolute Gasteiger partial charge is 0.0456 e. The summed E-state index contributed by atoms with van der Waals surface area (Å²) in [6.07, 6.45) is 4.80. The van der Waals surface area contributed by atoms with E-state index in [4.69, 9.17) is 5.11 Å². The largest absolute Gasteiger partial charge is 0.396 e. The summed E-state index contributed by atoms with van der Waals surface area (Å²) in [5.41, 5.74) is 1.42. The molecule has 0 amide bonds. The van der Waals surface area contributed by atoms with Gasteiger partial charge in [-0.05, 0) is 56.8 Å². The summed E-state index contributed by atoms with van der Waals surface area (Å²) in [5.74, 6) is 0.444. The summed E-state index contributed by atoms with van der Waals surface area (Å²) < 4.78 is 0. The molecule has 1 fully saturated rings. The molecular weight excluding hydrogens is 260 g/mol. The molecule has 1 heterocycles. The van der Waals surface area contributed by atoms with Crippen molar-refractivity contribution in [3.8, 4) is 0 Å². The van der Waals surface area contributed by atoms with E-state index in [0.717, 1.165) is 19.5 Å². The van der Waals surface area contributed by atoms with Crippen molar-refractivity contribution in [2.24, 2.45) is 5.92 Å². The minimum atomic E-state index is 0.317. The van der Waals surface area contributed by atoms with Crippen LogP contribution in [0.5, 0.6) is 0 Å². The molecule has 3 heteroatoms. The zero-order valence-corrected chi connectivity index (χ0v) is 13.3. The van der Waals surface area contributed by atoms with Gasteiger partial charge in [0.2, 0.25) is 0 Å². The molecule has 0 radical (unpaired) electrons. The summed E-state index contributed by atoms with van der Waals surface area (Å²) in [6, 6.07) is 11.4. The highest BCUT2D eigenvalue weighted by atomic mass is 16.3. The zero-order valence-electron chi connectivity index (χ0n) is 13.3. The molecule has 0 bridgehead atoms. The lowest BCUT2D eigenvalue weighted by atomic mass is 10.0. The first kappa shape index (κ1) is 16.5. The molecule has 0 aromatic heterocycles. The molecule has 2 N–H and O–H groups in total. The highest BCUT2D eigenvalue weighted by Crippen LogP contribution is 2.14. The molecule has 2 rings (SSSR count). The lowest BCUT2D eigenvalue weighted by Crippen LogP contribution is -2.42. The number of benzene rings is 1. The Morgan fingerprint density at radius 3 is 2.62 bits per heavy atom. The van der Waals surface area contributed by atoms with Crippen molar-refractivity contribution in [2.75, 3.05) is 26.2 Å². The van der Waals surface area contributed by atoms with Crippen LogP contribution in [0.4, 0.5) is 0 Å². The van der Waals surface area contributed by atoms with Gasteiger partial charge in [-0.25, -0.2) is 0 Å². The van der Waals surface area contributed by atoms with Crippen LogP contribution < -0.4 is 5.32 Å². The van der Waals surface area contributed by atoms with Crippen molar-refractivity contribution < 1.29 is 5.11 Å². The van der Waals surface area contributed by atoms with Crippen molar-refractivity contribution in [3.05, 3.63) is 35.9 Å². The Kier molecular flexibility index (Phi) is 7.20. The van der Waals surface area contributed by atoms with Gasteiger partial charge in [0.25, 0.3) is 0 Å². The Morgan fingerprint density at radius 1 is 1.24 bits per heavy atom. The van der Waals surface area contributed by atoms with E-state index in [9.17, 15) is 0 Å². The fourth-order valence-corrected chi connectivity index (χ4v) is 2.98. The summed E-state index contributed by atoms with van der Waals surface area (Å²) in [4.78, 5) is 2.56. The van der Waals surface area contributed by atoms with Crippen LogP contribution in [-0.4, -0.2) is 42.3 Å². The molecule has 1 aliphatic rings. The number of hydrogen-bond acceptors (Lipinski definition) is 3. The van der Waals surface area contributed by atoms with Gasteiger partial charge in [0.15, 0.2) is 0 Å². The topological polar surface area (TPSA) is 35.5 Å². The van der Waals surface area contributed by atoms with Crippen molar-refractivity contribution in [1.82, 2.24) is 10.2 Å². The molecule has 21 heavy (non-hydrogen) atoms. The molecule has 0 spiro atoms. The van der Waals surface area contributed by atoms with Gasteiger partial charge in [-0.15, -0.1) is 0 Å². The van der Waals surface area contributed by atoms with Crippen LogP contribution in [0.2, 0.25) is 0 Å². The molecule has 1 aliphatic heterocycles. The highest BCUT2D eigenvalue weighted by molar-refractivity contribution is 5.14. The zero-order chi connectivity index (χ0) is 14.9. The Balaban J connectivity index is 1.58. The number of aliphatic hydroxyl groups is 1. The second-order valence-corrected chi connectivity index (χ2v) is 6.42. The maximum Gasteiger partial charge on any atom is 0.0456 e. The molecule has 0 aliphatic carbocycles. The van der Waals surface area contributed by atoms with Crippen LogP contribution in [0, 0.1) is 5.92 Å². The first-order valence-electron chi connectivity index (χ1n) is 8.38. The highest BCUT2D eigenvalue weighted by Gasteiger charge is 2.18. The predicted molar refractivity (Wildman–Crippen MR) is 88.2 cm³/mol. The monoisotopic (exact) mass is 290 g/mol. The summed E-state index contributed by atoms with van der Waals surface area (Å²) in [7, 11) is 0. The number of nitrogens with one attached hydrogen (secondary N) is 1. The van der Waals surface area contributed by atoms with E-state index in [1.54, 1.807) is 0 Å². The van der Waals surface area contributed by atoms with E-state index < -0.39 is 0 Å². The lowest BCUT2D eigenvalue weighted by Gasteiger charge is -2.32. The normalized spacial score (nSPS) is 18.8. The van der Waals surface area contributed by atoms with Gasteiger partial charge in [-0.1, -0.05) is 37.3 Å². The third kappa shape index (κ3) is 6.16. The van der Waals surface area contributed by atoms with Crippen LogP contribution in [0.25, 0.3) is 0 Å². The fourth-order valence-electron chi connectivity index (χ4n) is 2.98. The first-order chi connectivity index (χ1) is 10.3. The number of hydrogen-bond donors (Lipinski definition) is 2. The molecule has 1 unspecified atom stereocenters. The van der Waals surface area contributed by atoms with Gasteiger partial charge in [0.1, 0.15) is 0 Å². The van der Waals surface area contributed by atoms with E-state index >= 15 is 0 Å². The molecule has 1 saturated heterocycles. The average molecular weight is 290 g/mol. The van der Waals surface area contributed by atoms with E-state index in [1.165, 1.54) is 37.9 Å². The maximum atomic E-state index is 9.01. The quantitative estimate of drug-likeness (QED) is 0.723. The molecule has 1 aromatic carbocycles. The molecule has 1 aromatic rings. The van der Waals surface area contributed by atoms with Crippen LogP contribution in [-0.2, 0) is 6.54 Å². The summed E-state index contributed by atoms with van der Waals surface area (Å²) >= 11 is 0. The second-order valence-electron chi connectivity index (χ2n) is 6.42. The van der Waals surface area contributed by atoms with Crippen LogP contribution in [0.1, 0.15) is 38.2 Å². The number of aliphatic hydroxyl groups excluding tert-OH is 1. The van der Waals surface area contributed by atoms with E-state index in [0.29, 0.717) is 18.6 Å². The van der Waals surface area contributed by atoms with E-state index in [2.05, 4.69) is 47.5 Å². The fraction of sp³-hybridized carbons (Fsp3) is 0.667. The molecule has 0 saturated carbocycles. The summed E-state index contributed by atoms with van der Waals surface area (Å²) in [5, 5.41) is 12.7. The Bertz CT molecular complexity index is 374. The number of likely N-dealkylation sites (tertiary alicyclic amines) is 1. The second kappa shape index (κ2) is 9.19. The van der Waals surface area contributed by atoms with E-state index in [-0.39, 0.29) is 0 Å². The van der Waals surface area contributed by atoms with Gasteiger partial charge in [0.05, 0.1) is 0 Å². The van der Waals surface area contributed by atoms with Gasteiger partial charge in [-0.3, -0.25) is 4.90 Å². The Morgan fingerprint density at radius 2 is 1.95 bits per heavy atom. The van der Waals surface area contributed by atoms with Gasteiger partial charge < -0.3 is 10.4 Å². The average Bonchev–Trinajstić information content (AvgIpc) is 2.54. The first-order valence-corrected chi connectivity index (χ1v) is 8.38. The summed E-state index contributed by atoms with van der Waals surface area (Å²) in [6.45, 7) is 6.99. The third-order valence-corrected chi connectivity index (χ3v) is 4.45. The van der Waals surface area contributed by atoms with Crippen LogP contribution in [0.3, 0.4) is 0 Å². The minimum absolute atomic E-state index is 0.317. The van der Waals surface area contributed by atoms with E-state index in [1.807, 2.05) is 0 Å². The molecule has 1 atom stereocenters. The number of nitrogens with zero attached hydrogens (tertiary/aromatic N) is 1. The lowest BCUT2D eigenvalue weighted by molar-refractivity contribution is 0.189. The van der Waals surface area contributed by atoms with Crippen LogP contribution in [0.15, 0.2) is 30.3 Å². The predicted octanol–water partition coefficient (Wildman–Crippen LogP) is 2.65.